The van der Waals surface area contributed by atoms with E-state index in [9.17, 15) is 13.2 Å². The lowest BCUT2D eigenvalue weighted by atomic mass is 10.1. The van der Waals surface area contributed by atoms with Gasteiger partial charge in [-0.3, -0.25) is 4.79 Å². The van der Waals surface area contributed by atoms with Crippen molar-refractivity contribution in [1.29, 1.82) is 0 Å². The third kappa shape index (κ3) is 3.73. The standard InChI is InChI=1S/C19H22N2O4S/c1-13-9-14(2)11-15(10-13)21-8-7-18(19(21)22)20-26(23,24)17-6-4-5-16(12-17)25-3/h4-6,9-12,18,20H,7-8H2,1-3H3/t18-/m1/s1. The zero-order valence-corrected chi connectivity index (χ0v) is 15.8. The van der Waals surface area contributed by atoms with E-state index in [1.807, 2.05) is 32.0 Å². The van der Waals surface area contributed by atoms with Crippen LogP contribution in [-0.2, 0) is 14.8 Å². The Morgan fingerprint density at radius 1 is 1.12 bits per heavy atom. The Labute approximate surface area is 153 Å². The fraction of sp³-hybridized carbons (Fsp3) is 0.316. The number of benzene rings is 2. The second-order valence-corrected chi connectivity index (χ2v) is 8.19. The molecule has 1 saturated heterocycles. The van der Waals surface area contributed by atoms with Gasteiger partial charge in [-0.2, -0.15) is 4.72 Å². The van der Waals surface area contributed by atoms with Crippen LogP contribution >= 0.6 is 0 Å². The minimum atomic E-state index is -3.81. The number of methoxy groups -OCH3 is 1. The lowest BCUT2D eigenvalue weighted by Gasteiger charge is -2.18. The summed E-state index contributed by atoms with van der Waals surface area (Å²) in [5, 5.41) is 0. The normalized spacial score (nSPS) is 17.6. The highest BCUT2D eigenvalue weighted by atomic mass is 32.2. The molecule has 0 aliphatic carbocycles. The molecular formula is C19H22N2O4S. The fourth-order valence-corrected chi connectivity index (χ4v) is 4.43. The number of carbonyl (C=O) groups is 1. The van der Waals surface area contributed by atoms with Gasteiger partial charge >= 0.3 is 0 Å². The minimum Gasteiger partial charge on any atom is -0.497 e. The van der Waals surface area contributed by atoms with Crippen molar-refractivity contribution >= 4 is 21.6 Å². The topological polar surface area (TPSA) is 75.7 Å². The van der Waals surface area contributed by atoms with Crippen LogP contribution in [0.25, 0.3) is 0 Å². The molecule has 0 saturated carbocycles. The average Bonchev–Trinajstić information content (AvgIpc) is 2.94. The smallest absolute Gasteiger partial charge is 0.245 e. The van der Waals surface area contributed by atoms with Crippen molar-refractivity contribution in [2.45, 2.75) is 31.2 Å². The summed E-state index contributed by atoms with van der Waals surface area (Å²) >= 11 is 0. The number of rotatable bonds is 5. The number of ether oxygens (including phenoxy) is 1. The number of carbonyl (C=O) groups excluding carboxylic acids is 1. The largest absolute Gasteiger partial charge is 0.497 e. The lowest BCUT2D eigenvalue weighted by Crippen LogP contribution is -2.41. The highest BCUT2D eigenvalue weighted by Crippen LogP contribution is 2.25. The second-order valence-electron chi connectivity index (χ2n) is 6.48. The molecule has 0 radical (unpaired) electrons. The summed E-state index contributed by atoms with van der Waals surface area (Å²) in [6.45, 7) is 4.42. The van der Waals surface area contributed by atoms with Gasteiger partial charge in [0.2, 0.25) is 15.9 Å². The minimum absolute atomic E-state index is 0.0782. The molecule has 2 aromatic carbocycles. The Kier molecular flexibility index (Phi) is 5.02. The number of aryl methyl sites for hydroxylation is 2. The number of sulfonamides is 1. The number of nitrogens with one attached hydrogen (secondary N) is 1. The first-order valence-corrected chi connectivity index (χ1v) is 9.84. The summed E-state index contributed by atoms with van der Waals surface area (Å²) in [5.74, 6) is 0.212. The number of hydrogen-bond donors (Lipinski definition) is 1. The molecule has 138 valence electrons. The van der Waals surface area contributed by atoms with Gasteiger partial charge in [0.25, 0.3) is 0 Å². The van der Waals surface area contributed by atoms with E-state index in [1.54, 1.807) is 17.0 Å². The molecule has 3 rings (SSSR count). The highest BCUT2D eigenvalue weighted by Gasteiger charge is 2.35. The summed E-state index contributed by atoms with van der Waals surface area (Å²) in [5.41, 5.74) is 2.93. The Morgan fingerprint density at radius 2 is 1.81 bits per heavy atom. The molecule has 7 heteroatoms. The van der Waals surface area contributed by atoms with E-state index in [-0.39, 0.29) is 10.8 Å². The zero-order chi connectivity index (χ0) is 18.9. The molecule has 2 aromatic rings. The maximum absolute atomic E-state index is 12.7. The molecule has 1 aliphatic heterocycles. The third-order valence-electron chi connectivity index (χ3n) is 4.37. The zero-order valence-electron chi connectivity index (χ0n) is 15.0. The van der Waals surface area contributed by atoms with Crippen molar-refractivity contribution in [3.05, 3.63) is 53.6 Å². The number of amides is 1. The van der Waals surface area contributed by atoms with E-state index in [4.69, 9.17) is 4.74 Å². The van der Waals surface area contributed by atoms with Crippen molar-refractivity contribution in [1.82, 2.24) is 4.72 Å². The van der Waals surface area contributed by atoms with Gasteiger partial charge in [0, 0.05) is 18.3 Å². The summed E-state index contributed by atoms with van der Waals surface area (Å²) in [7, 11) is -2.34. The molecule has 1 amide bonds. The molecule has 1 atom stereocenters. The van der Waals surface area contributed by atoms with E-state index in [0.717, 1.165) is 16.8 Å². The van der Waals surface area contributed by atoms with Gasteiger partial charge < -0.3 is 9.64 Å². The van der Waals surface area contributed by atoms with E-state index in [2.05, 4.69) is 4.72 Å². The highest BCUT2D eigenvalue weighted by molar-refractivity contribution is 7.89. The van der Waals surface area contributed by atoms with Gasteiger partial charge in [0.1, 0.15) is 11.8 Å². The molecule has 0 bridgehead atoms. The number of nitrogens with zero attached hydrogens (tertiary/aromatic N) is 1. The predicted octanol–water partition coefficient (Wildman–Crippen LogP) is 2.40. The molecule has 1 aliphatic rings. The second kappa shape index (κ2) is 7.09. The van der Waals surface area contributed by atoms with Crippen LogP contribution in [0.5, 0.6) is 5.75 Å². The monoisotopic (exact) mass is 374 g/mol. The molecule has 1 fully saturated rings. The van der Waals surface area contributed by atoms with Gasteiger partial charge in [0.15, 0.2) is 0 Å². The molecular weight excluding hydrogens is 352 g/mol. The van der Waals surface area contributed by atoms with Crippen LogP contribution in [0.3, 0.4) is 0 Å². The van der Waals surface area contributed by atoms with Crippen molar-refractivity contribution in [3.63, 3.8) is 0 Å². The molecule has 0 spiro atoms. The van der Waals surface area contributed by atoms with Gasteiger partial charge in [-0.05, 0) is 55.7 Å². The maximum Gasteiger partial charge on any atom is 0.245 e. The lowest BCUT2D eigenvalue weighted by molar-refractivity contribution is -0.118. The van der Waals surface area contributed by atoms with E-state index in [1.165, 1.54) is 19.2 Å². The quantitative estimate of drug-likeness (QED) is 0.872. The van der Waals surface area contributed by atoms with Crippen LogP contribution in [0, 0.1) is 13.8 Å². The maximum atomic E-state index is 12.7. The van der Waals surface area contributed by atoms with Gasteiger partial charge in [-0.25, -0.2) is 8.42 Å². The first kappa shape index (κ1) is 18.4. The van der Waals surface area contributed by atoms with Crippen molar-refractivity contribution in [3.8, 4) is 5.75 Å². The number of anilines is 1. The summed E-state index contributed by atoms with van der Waals surface area (Å²) in [6, 6.07) is 11.3. The number of hydrogen-bond acceptors (Lipinski definition) is 4. The Bertz CT molecular complexity index is 920. The first-order valence-electron chi connectivity index (χ1n) is 8.36. The summed E-state index contributed by atoms with van der Waals surface area (Å²) in [6.07, 6.45) is 0.426. The first-order chi connectivity index (χ1) is 12.3. The summed E-state index contributed by atoms with van der Waals surface area (Å²) < 4.78 is 32.8. The fourth-order valence-electron chi connectivity index (χ4n) is 3.18. The van der Waals surface area contributed by atoms with E-state index in [0.29, 0.717) is 18.7 Å². The third-order valence-corrected chi connectivity index (χ3v) is 5.84. The van der Waals surface area contributed by atoms with E-state index < -0.39 is 16.1 Å². The molecule has 1 N–H and O–H groups in total. The van der Waals surface area contributed by atoms with Crippen LogP contribution < -0.4 is 14.4 Å². The van der Waals surface area contributed by atoms with Crippen LogP contribution in [-0.4, -0.2) is 34.0 Å². The Hall–Kier alpha value is -2.38. The van der Waals surface area contributed by atoms with Crippen LogP contribution in [0.15, 0.2) is 47.4 Å². The van der Waals surface area contributed by atoms with Crippen molar-refractivity contribution in [2.24, 2.45) is 0 Å². The van der Waals surface area contributed by atoms with Crippen molar-refractivity contribution in [2.75, 3.05) is 18.6 Å². The summed E-state index contributed by atoms with van der Waals surface area (Å²) in [4.78, 5) is 14.5. The van der Waals surface area contributed by atoms with Gasteiger partial charge in [-0.15, -0.1) is 0 Å². The van der Waals surface area contributed by atoms with Gasteiger partial charge in [0.05, 0.1) is 12.0 Å². The average molecular weight is 374 g/mol. The molecule has 0 unspecified atom stereocenters. The van der Waals surface area contributed by atoms with Crippen LogP contribution in [0.1, 0.15) is 17.5 Å². The van der Waals surface area contributed by atoms with Gasteiger partial charge in [-0.1, -0.05) is 12.1 Å². The Balaban J connectivity index is 1.80. The molecule has 26 heavy (non-hydrogen) atoms. The molecule has 0 aromatic heterocycles. The predicted molar refractivity (Wildman–Crippen MR) is 100.0 cm³/mol. The van der Waals surface area contributed by atoms with E-state index >= 15 is 0 Å². The van der Waals surface area contributed by atoms with Crippen molar-refractivity contribution < 1.29 is 17.9 Å². The van der Waals surface area contributed by atoms with Crippen LogP contribution in [0.2, 0.25) is 0 Å². The molecule has 1 heterocycles. The Morgan fingerprint density at radius 3 is 2.46 bits per heavy atom. The molecule has 6 nitrogen and oxygen atoms in total. The van der Waals surface area contributed by atoms with Crippen LogP contribution in [0.4, 0.5) is 5.69 Å². The SMILES string of the molecule is COc1cccc(S(=O)(=O)N[C@@H]2CCN(c3cc(C)cc(C)c3)C2=O)c1.